The molecule has 0 atom stereocenters. The molecule has 0 fully saturated rings. The van der Waals surface area contributed by atoms with Crippen molar-refractivity contribution < 1.29 is 21.9 Å². The molecular weight excluding hydrogens is 715 g/mol. The summed E-state index contributed by atoms with van der Waals surface area (Å²) in [6.07, 6.45) is 0. The van der Waals surface area contributed by atoms with Gasteiger partial charge < -0.3 is 0 Å². The minimum Gasteiger partial charge on any atom is -0.278 e. The van der Waals surface area contributed by atoms with E-state index in [2.05, 4.69) is 30.3 Å². The van der Waals surface area contributed by atoms with Gasteiger partial charge in [0.15, 0.2) is 5.82 Å². The number of thiophene rings is 1. The van der Waals surface area contributed by atoms with Crippen molar-refractivity contribution in [3.63, 3.8) is 0 Å². The lowest BCUT2D eigenvalue weighted by Crippen LogP contribution is -2.10. The van der Waals surface area contributed by atoms with E-state index in [-0.39, 0.29) is 49.4 Å². The van der Waals surface area contributed by atoms with E-state index < -0.39 is 109 Å². The van der Waals surface area contributed by atoms with Crippen LogP contribution in [-0.2, 0) is 0 Å². The van der Waals surface area contributed by atoms with Crippen molar-refractivity contribution in [2.24, 2.45) is 0 Å². The molecule has 0 amide bonds. The van der Waals surface area contributed by atoms with Crippen molar-refractivity contribution in [1.29, 1.82) is 0 Å². The molecule has 8 aromatic carbocycles. The Morgan fingerprint density at radius 1 is 0.404 bits per heavy atom. The van der Waals surface area contributed by atoms with Gasteiger partial charge in [-0.15, -0.1) is 11.3 Å². The first-order valence-electron chi connectivity index (χ1n) is 25.8. The number of nitrogens with zero attached hydrogens (tertiary/aromatic N) is 5. The second-order valence-corrected chi connectivity index (χ2v) is 14.3. The van der Waals surface area contributed by atoms with Gasteiger partial charge in [0.05, 0.1) is 44.0 Å². The van der Waals surface area contributed by atoms with E-state index in [1.165, 1.54) is 0 Å². The Morgan fingerprint density at radius 3 is 1.44 bits per heavy atom. The van der Waals surface area contributed by atoms with E-state index in [4.69, 9.17) is 31.4 Å². The lowest BCUT2D eigenvalue weighted by atomic mass is 9.95. The summed E-state index contributed by atoms with van der Waals surface area (Å²) in [5, 5.41) is 1.22. The van der Waals surface area contributed by atoms with Crippen LogP contribution >= 0.6 is 11.3 Å². The van der Waals surface area contributed by atoms with Gasteiger partial charge in [-0.3, -0.25) is 9.13 Å². The third-order valence-corrected chi connectivity index (χ3v) is 11.2. The summed E-state index contributed by atoms with van der Waals surface area (Å²) in [6.45, 7) is 0. The Hall–Kier alpha value is -7.41. The van der Waals surface area contributed by atoms with Gasteiger partial charge in [0, 0.05) is 47.3 Å². The summed E-state index contributed by atoms with van der Waals surface area (Å²) >= 11 is 1.71. The average molecular weight is 762 g/mol. The smallest absolute Gasteiger partial charge is 0.240 e. The number of fused-ring (bicyclic) bond motifs is 9. The van der Waals surface area contributed by atoms with Crippen LogP contribution in [0.15, 0.2) is 188 Å². The van der Waals surface area contributed by atoms with Crippen molar-refractivity contribution in [2.75, 3.05) is 0 Å². The molecule has 0 aliphatic heterocycles. The molecule has 12 rings (SSSR count). The average Bonchev–Trinajstić information content (AvgIpc) is 4.10. The zero-order chi connectivity index (χ0) is 51.4. The molecule has 12 aromatic rings. The Balaban J connectivity index is 1.19. The number of hydrogen-bond donors (Lipinski definition) is 0. The number of rotatable bonds is 5. The lowest BCUT2D eigenvalue weighted by Gasteiger charge is -2.13. The molecule has 4 heterocycles. The molecule has 0 radical (unpaired) electrons. The van der Waals surface area contributed by atoms with Crippen molar-refractivity contribution >= 4 is 75.1 Å². The highest BCUT2D eigenvalue weighted by Gasteiger charge is 2.21. The van der Waals surface area contributed by atoms with Gasteiger partial charge >= 0.3 is 0 Å². The molecule has 4 aromatic heterocycles. The SMILES string of the molecule is [2H]c1c([2H])c([2H])c2c(c1[2H])c1c([2H])c([2H])c([2H])c([2H])c1n2-c1nc(-c2cccc(-c3cccc(-c4cccc5sc6ccccc6c45)c3)c2)nc(-n2c3c([2H])c([2H])c([2H])c([2H])c3c3c([2H])c([2H])c([2H])c([2H])c32)n1. The molecule has 6 heteroatoms. The van der Waals surface area contributed by atoms with E-state index in [0.717, 1.165) is 46.0 Å². The van der Waals surface area contributed by atoms with Crippen LogP contribution in [0.4, 0.5) is 0 Å². The minimum atomic E-state index is -0.695. The second-order valence-electron chi connectivity index (χ2n) is 13.3. The van der Waals surface area contributed by atoms with Crippen LogP contribution in [0.1, 0.15) is 21.9 Å². The number of para-hydroxylation sites is 4. The van der Waals surface area contributed by atoms with E-state index in [1.54, 1.807) is 29.5 Å². The highest BCUT2D eigenvalue weighted by molar-refractivity contribution is 7.25. The topological polar surface area (TPSA) is 48.5 Å². The van der Waals surface area contributed by atoms with Crippen LogP contribution < -0.4 is 0 Å². The predicted molar refractivity (Wildman–Crippen MR) is 238 cm³/mol. The standard InChI is InChI=1S/C51H31N5S/c1-6-24-42-37(18-1)38-19-2-7-25-43(38)55(42)50-52-49(53-51(54-50)56-44-26-8-3-20-39(44)40-21-4-9-27-45(40)56)35-17-12-15-33(31-35)32-14-11-16-34(30-32)36-23-13-29-47-48(36)41-22-5-10-28-46(41)57-47/h1-31H/i1D,2D,3D,4D,6D,7D,8D,9D,18D,19D,20D,21D,24D,25D,26D,27D. The fourth-order valence-corrected chi connectivity index (χ4v) is 8.78. The monoisotopic (exact) mass is 761 g/mol. The van der Waals surface area contributed by atoms with Gasteiger partial charge in [0.1, 0.15) is 0 Å². The largest absolute Gasteiger partial charge is 0.278 e. The summed E-state index contributed by atoms with van der Waals surface area (Å²) in [6, 6.07) is 19.1. The molecule has 0 aliphatic rings. The van der Waals surface area contributed by atoms with E-state index in [0.29, 0.717) is 11.1 Å². The third-order valence-electron chi connectivity index (χ3n) is 10.1. The number of hydrogen-bond acceptors (Lipinski definition) is 4. The third kappa shape index (κ3) is 4.98. The lowest BCUT2D eigenvalue weighted by molar-refractivity contribution is 0.893. The van der Waals surface area contributed by atoms with Gasteiger partial charge in [-0.2, -0.15) is 15.0 Å². The molecule has 57 heavy (non-hydrogen) atoms. The van der Waals surface area contributed by atoms with Gasteiger partial charge in [-0.05, 0) is 70.7 Å². The van der Waals surface area contributed by atoms with E-state index in [9.17, 15) is 5.48 Å². The zero-order valence-corrected chi connectivity index (χ0v) is 30.1. The van der Waals surface area contributed by atoms with Crippen molar-refractivity contribution in [3.8, 4) is 45.5 Å². The molecule has 0 aliphatic carbocycles. The fourth-order valence-electron chi connectivity index (χ4n) is 7.64. The molecule has 5 nitrogen and oxygen atoms in total. The normalized spacial score (nSPS) is 15.8. The summed E-state index contributed by atoms with van der Waals surface area (Å²) in [5.74, 6) is -1.06. The maximum absolute atomic E-state index is 9.22. The highest BCUT2D eigenvalue weighted by atomic mass is 32.1. The maximum atomic E-state index is 9.22. The van der Waals surface area contributed by atoms with Crippen LogP contribution in [0.25, 0.3) is 109 Å². The van der Waals surface area contributed by atoms with Crippen LogP contribution in [0, 0.1) is 0 Å². The Morgan fingerprint density at radius 2 is 0.860 bits per heavy atom. The molecule has 0 unspecified atom stereocenters. The van der Waals surface area contributed by atoms with Crippen LogP contribution in [-0.4, -0.2) is 24.1 Å². The first-order valence-corrected chi connectivity index (χ1v) is 18.6. The summed E-state index contributed by atoms with van der Waals surface area (Å²) in [5.41, 5.74) is 2.53. The van der Waals surface area contributed by atoms with Gasteiger partial charge in [-0.25, -0.2) is 0 Å². The first-order chi connectivity index (χ1) is 34.9. The molecular formula is C51H31N5S. The summed E-state index contributed by atoms with van der Waals surface area (Å²) in [4.78, 5) is 14.6. The number of aromatic nitrogens is 5. The van der Waals surface area contributed by atoms with Gasteiger partial charge in [0.25, 0.3) is 0 Å². The van der Waals surface area contributed by atoms with Crippen molar-refractivity contribution in [1.82, 2.24) is 24.1 Å². The van der Waals surface area contributed by atoms with Crippen LogP contribution in [0.5, 0.6) is 0 Å². The Kier molecular flexibility index (Phi) is 4.40. The van der Waals surface area contributed by atoms with Crippen LogP contribution in [0.3, 0.4) is 0 Å². The molecule has 0 N–H and O–H groups in total. The highest BCUT2D eigenvalue weighted by Crippen LogP contribution is 2.41. The predicted octanol–water partition coefficient (Wildman–Crippen LogP) is 13.4. The minimum absolute atomic E-state index is 0.138. The summed E-state index contributed by atoms with van der Waals surface area (Å²) in [7, 11) is 0. The zero-order valence-electron chi connectivity index (χ0n) is 45.3. The Bertz CT molecular complexity index is 4150. The van der Waals surface area contributed by atoms with E-state index in [1.807, 2.05) is 42.5 Å². The van der Waals surface area contributed by atoms with E-state index >= 15 is 0 Å². The maximum Gasteiger partial charge on any atom is 0.240 e. The second kappa shape index (κ2) is 12.6. The molecule has 0 saturated carbocycles. The van der Waals surface area contributed by atoms with Gasteiger partial charge in [0.2, 0.25) is 11.9 Å². The quantitative estimate of drug-likeness (QED) is 0.175. The van der Waals surface area contributed by atoms with Crippen molar-refractivity contribution in [2.45, 2.75) is 0 Å². The molecule has 0 spiro atoms. The fraction of sp³-hybridized carbons (Fsp3) is 0. The van der Waals surface area contributed by atoms with Gasteiger partial charge in [-0.1, -0.05) is 139 Å². The summed E-state index contributed by atoms with van der Waals surface area (Å²) < 4.78 is 147. The molecule has 266 valence electrons. The molecule has 0 bridgehead atoms. The first kappa shape index (κ1) is 20.0. The van der Waals surface area contributed by atoms with Crippen LogP contribution in [0.2, 0.25) is 0 Å². The van der Waals surface area contributed by atoms with Crippen molar-refractivity contribution in [3.05, 3.63) is 188 Å². The molecule has 0 saturated heterocycles. The number of benzene rings is 8. The Labute approximate surface area is 353 Å².